The van der Waals surface area contributed by atoms with Gasteiger partial charge in [0.05, 0.1) is 0 Å². The van der Waals surface area contributed by atoms with Crippen LogP contribution in [0.4, 0.5) is 4.79 Å². The molecule has 17 heavy (non-hydrogen) atoms. The molecule has 0 saturated carbocycles. The van der Waals surface area contributed by atoms with Crippen molar-refractivity contribution in [3.05, 3.63) is 30.1 Å². The lowest BCUT2D eigenvalue weighted by Crippen LogP contribution is -2.44. The predicted octanol–water partition coefficient (Wildman–Crippen LogP) is 0.696. The standard InChI is InChI=1S/C11H15N3O3/c1-8(10(15)16)13-11(17)14(2)7-9-3-5-12-6-4-9/h3-6,8H,7H2,1-2H3,(H,13,17)(H,15,16). The van der Waals surface area contributed by atoms with Crippen LogP contribution in [0, 0.1) is 0 Å². The van der Waals surface area contributed by atoms with Gasteiger partial charge in [-0.1, -0.05) is 0 Å². The summed E-state index contributed by atoms with van der Waals surface area (Å²) in [5.41, 5.74) is 0.931. The molecule has 6 nitrogen and oxygen atoms in total. The summed E-state index contributed by atoms with van der Waals surface area (Å²) < 4.78 is 0. The smallest absolute Gasteiger partial charge is 0.325 e. The Labute approximate surface area is 99.3 Å². The maximum absolute atomic E-state index is 11.6. The van der Waals surface area contributed by atoms with Crippen molar-refractivity contribution < 1.29 is 14.7 Å². The average Bonchev–Trinajstić information content (AvgIpc) is 2.29. The van der Waals surface area contributed by atoms with Gasteiger partial charge in [0.2, 0.25) is 0 Å². The van der Waals surface area contributed by atoms with Crippen molar-refractivity contribution in [1.29, 1.82) is 0 Å². The third kappa shape index (κ3) is 4.10. The highest BCUT2D eigenvalue weighted by atomic mass is 16.4. The van der Waals surface area contributed by atoms with Crippen molar-refractivity contribution in [3.8, 4) is 0 Å². The number of hydrogen-bond donors (Lipinski definition) is 2. The van der Waals surface area contributed by atoms with Crippen LogP contribution in [0.25, 0.3) is 0 Å². The number of aliphatic carboxylic acids is 1. The van der Waals surface area contributed by atoms with E-state index in [2.05, 4.69) is 10.3 Å². The third-order valence-corrected chi connectivity index (χ3v) is 2.23. The number of carbonyl (C=O) groups excluding carboxylic acids is 1. The molecule has 1 unspecified atom stereocenters. The maximum atomic E-state index is 11.6. The highest BCUT2D eigenvalue weighted by Gasteiger charge is 2.16. The summed E-state index contributed by atoms with van der Waals surface area (Å²) in [6, 6.07) is 2.27. The molecule has 0 spiro atoms. The molecule has 0 bridgehead atoms. The summed E-state index contributed by atoms with van der Waals surface area (Å²) in [7, 11) is 1.60. The Morgan fingerprint density at radius 1 is 1.47 bits per heavy atom. The van der Waals surface area contributed by atoms with Crippen molar-refractivity contribution in [2.45, 2.75) is 19.5 Å². The van der Waals surface area contributed by atoms with Gasteiger partial charge in [-0.3, -0.25) is 9.78 Å². The van der Waals surface area contributed by atoms with Gasteiger partial charge in [-0.25, -0.2) is 4.79 Å². The fourth-order valence-corrected chi connectivity index (χ4v) is 1.19. The minimum Gasteiger partial charge on any atom is -0.480 e. The molecule has 0 aliphatic carbocycles. The lowest BCUT2D eigenvalue weighted by molar-refractivity contribution is -0.138. The number of carboxylic acids is 1. The van der Waals surface area contributed by atoms with E-state index in [0.29, 0.717) is 6.54 Å². The predicted molar refractivity (Wildman–Crippen MR) is 61.3 cm³/mol. The molecule has 1 heterocycles. The number of urea groups is 1. The van der Waals surface area contributed by atoms with E-state index in [1.165, 1.54) is 11.8 Å². The van der Waals surface area contributed by atoms with Crippen molar-refractivity contribution in [2.24, 2.45) is 0 Å². The third-order valence-electron chi connectivity index (χ3n) is 2.23. The van der Waals surface area contributed by atoms with Crippen molar-refractivity contribution in [1.82, 2.24) is 15.2 Å². The zero-order valence-electron chi connectivity index (χ0n) is 9.75. The number of carboxylic acid groups (broad SMARTS) is 1. The Bertz CT molecular complexity index is 394. The molecule has 0 aliphatic heterocycles. The Morgan fingerprint density at radius 3 is 2.59 bits per heavy atom. The van der Waals surface area contributed by atoms with E-state index in [-0.39, 0.29) is 0 Å². The van der Waals surface area contributed by atoms with Crippen LogP contribution in [0.3, 0.4) is 0 Å². The second-order valence-electron chi connectivity index (χ2n) is 3.72. The van der Waals surface area contributed by atoms with Gasteiger partial charge >= 0.3 is 12.0 Å². The normalized spacial score (nSPS) is 11.6. The molecule has 0 radical (unpaired) electrons. The summed E-state index contributed by atoms with van der Waals surface area (Å²) in [6.07, 6.45) is 3.28. The van der Waals surface area contributed by atoms with Crippen LogP contribution in [-0.2, 0) is 11.3 Å². The van der Waals surface area contributed by atoms with E-state index < -0.39 is 18.0 Å². The summed E-state index contributed by atoms with van der Waals surface area (Å²) >= 11 is 0. The lowest BCUT2D eigenvalue weighted by Gasteiger charge is -2.19. The van der Waals surface area contributed by atoms with E-state index in [4.69, 9.17) is 5.11 Å². The Balaban J connectivity index is 2.50. The number of rotatable bonds is 4. The number of nitrogens with zero attached hydrogens (tertiary/aromatic N) is 2. The van der Waals surface area contributed by atoms with Crippen LogP contribution in [0.1, 0.15) is 12.5 Å². The first-order valence-electron chi connectivity index (χ1n) is 5.14. The van der Waals surface area contributed by atoms with Crippen LogP contribution in [-0.4, -0.2) is 40.1 Å². The minimum atomic E-state index is -1.06. The molecule has 0 saturated heterocycles. The van der Waals surface area contributed by atoms with Gasteiger partial charge in [0.15, 0.2) is 0 Å². The lowest BCUT2D eigenvalue weighted by atomic mass is 10.2. The minimum absolute atomic E-state index is 0.403. The van der Waals surface area contributed by atoms with Crippen molar-refractivity contribution in [2.75, 3.05) is 7.05 Å². The van der Waals surface area contributed by atoms with Crippen molar-refractivity contribution in [3.63, 3.8) is 0 Å². The molecular formula is C11H15N3O3. The molecule has 6 heteroatoms. The molecule has 1 aromatic rings. The summed E-state index contributed by atoms with van der Waals surface area (Å²) in [5, 5.41) is 11.0. The summed E-state index contributed by atoms with van der Waals surface area (Å²) in [5.74, 6) is -1.06. The largest absolute Gasteiger partial charge is 0.480 e. The molecule has 0 fully saturated rings. The van der Waals surface area contributed by atoms with Gasteiger partial charge in [-0.2, -0.15) is 0 Å². The molecule has 2 amide bonds. The fraction of sp³-hybridized carbons (Fsp3) is 0.364. The summed E-state index contributed by atoms with van der Waals surface area (Å²) in [4.78, 5) is 27.5. The summed E-state index contributed by atoms with van der Waals surface area (Å²) in [6.45, 7) is 1.82. The fourth-order valence-electron chi connectivity index (χ4n) is 1.19. The SMILES string of the molecule is CC(NC(=O)N(C)Cc1ccncc1)C(=O)O. The number of aromatic nitrogens is 1. The second-order valence-corrected chi connectivity index (χ2v) is 3.72. The molecule has 0 aliphatic rings. The van der Waals surface area contributed by atoms with Crippen LogP contribution in [0.2, 0.25) is 0 Å². The second kappa shape index (κ2) is 5.83. The quantitative estimate of drug-likeness (QED) is 0.807. The van der Waals surface area contributed by atoms with E-state index in [1.807, 2.05) is 0 Å². The first-order chi connectivity index (χ1) is 8.00. The first-order valence-corrected chi connectivity index (χ1v) is 5.14. The molecule has 92 valence electrons. The highest BCUT2D eigenvalue weighted by molar-refractivity contribution is 5.82. The average molecular weight is 237 g/mol. The van der Waals surface area contributed by atoms with E-state index in [1.54, 1.807) is 31.6 Å². The molecular weight excluding hydrogens is 222 g/mol. The molecule has 1 atom stereocenters. The van der Waals surface area contributed by atoms with Crippen LogP contribution in [0.5, 0.6) is 0 Å². The molecule has 1 aromatic heterocycles. The number of pyridine rings is 1. The van der Waals surface area contributed by atoms with Crippen LogP contribution >= 0.6 is 0 Å². The van der Waals surface area contributed by atoms with E-state index in [9.17, 15) is 9.59 Å². The molecule has 0 aromatic carbocycles. The highest BCUT2D eigenvalue weighted by Crippen LogP contribution is 2.01. The first kappa shape index (κ1) is 13.0. The van der Waals surface area contributed by atoms with Crippen LogP contribution in [0.15, 0.2) is 24.5 Å². The van der Waals surface area contributed by atoms with Gasteiger partial charge in [0, 0.05) is 26.0 Å². The van der Waals surface area contributed by atoms with Gasteiger partial charge in [-0.05, 0) is 24.6 Å². The van der Waals surface area contributed by atoms with Gasteiger partial charge in [0.1, 0.15) is 6.04 Å². The van der Waals surface area contributed by atoms with Gasteiger partial charge < -0.3 is 15.3 Å². The van der Waals surface area contributed by atoms with Crippen molar-refractivity contribution >= 4 is 12.0 Å². The molecule has 2 N–H and O–H groups in total. The number of nitrogens with one attached hydrogen (secondary N) is 1. The number of hydrogen-bond acceptors (Lipinski definition) is 3. The number of carbonyl (C=O) groups is 2. The van der Waals surface area contributed by atoms with E-state index >= 15 is 0 Å². The maximum Gasteiger partial charge on any atom is 0.325 e. The molecule has 1 rings (SSSR count). The Kier molecular flexibility index (Phi) is 4.45. The number of amides is 2. The van der Waals surface area contributed by atoms with E-state index in [0.717, 1.165) is 5.56 Å². The van der Waals surface area contributed by atoms with Gasteiger partial charge in [-0.15, -0.1) is 0 Å². The van der Waals surface area contributed by atoms with Crippen LogP contribution < -0.4 is 5.32 Å². The zero-order valence-corrected chi connectivity index (χ0v) is 9.75. The Morgan fingerprint density at radius 2 is 2.06 bits per heavy atom. The Hall–Kier alpha value is -2.11. The monoisotopic (exact) mass is 237 g/mol. The topological polar surface area (TPSA) is 82.5 Å². The van der Waals surface area contributed by atoms with Gasteiger partial charge in [0.25, 0.3) is 0 Å². The zero-order chi connectivity index (χ0) is 12.8.